The fraction of sp³-hybridized carbons (Fsp3) is 0.370. The standard InChI is InChI=1S/C27H32NO/c1-16-9-10-18(3)25-23(16)21-12-11-17(2)24(26(21)29-25)22-13-20(14-27(5,6)7)19(4)15-28(22)8/h9-13,15H,14H2,1-8H3/q+1/i1D3,3D3,4D3,14D2. The molecular formula is C27H32NO+. The van der Waals surface area contributed by atoms with Crippen LogP contribution in [0.2, 0.25) is 0 Å². The first-order valence-electron chi connectivity index (χ1n) is 15.0. The van der Waals surface area contributed by atoms with Crippen LogP contribution in [-0.4, -0.2) is 0 Å². The second-order valence-electron chi connectivity index (χ2n) is 8.57. The van der Waals surface area contributed by atoms with Crippen molar-refractivity contribution in [2.24, 2.45) is 12.5 Å². The molecule has 0 radical (unpaired) electrons. The Morgan fingerprint density at radius 2 is 1.66 bits per heavy atom. The van der Waals surface area contributed by atoms with Crippen LogP contribution < -0.4 is 4.57 Å². The van der Waals surface area contributed by atoms with Gasteiger partial charge < -0.3 is 4.42 Å². The number of hydrogen-bond acceptors (Lipinski definition) is 1. The molecule has 2 aromatic heterocycles. The summed E-state index contributed by atoms with van der Waals surface area (Å²) in [4.78, 5) is 0. The average molecular weight is 398 g/mol. The Morgan fingerprint density at radius 3 is 2.34 bits per heavy atom. The zero-order valence-electron chi connectivity index (χ0n) is 28.3. The van der Waals surface area contributed by atoms with Crippen molar-refractivity contribution in [3.63, 3.8) is 0 Å². The molecular weight excluding hydrogens is 354 g/mol. The summed E-state index contributed by atoms with van der Waals surface area (Å²) in [6.45, 7) is -0.824. The van der Waals surface area contributed by atoms with Gasteiger partial charge in [-0.05, 0) is 61.5 Å². The lowest BCUT2D eigenvalue weighted by Gasteiger charge is -2.19. The molecule has 0 spiro atoms. The highest BCUT2D eigenvalue weighted by Gasteiger charge is 2.24. The molecule has 150 valence electrons. The van der Waals surface area contributed by atoms with Crippen LogP contribution in [0.5, 0.6) is 0 Å². The van der Waals surface area contributed by atoms with Gasteiger partial charge >= 0.3 is 0 Å². The van der Waals surface area contributed by atoms with Gasteiger partial charge in [0.2, 0.25) is 5.69 Å². The van der Waals surface area contributed by atoms with E-state index in [4.69, 9.17) is 19.5 Å². The van der Waals surface area contributed by atoms with Crippen LogP contribution in [-0.2, 0) is 13.4 Å². The van der Waals surface area contributed by atoms with Gasteiger partial charge in [-0.1, -0.05) is 45.0 Å². The van der Waals surface area contributed by atoms with E-state index in [2.05, 4.69) is 0 Å². The molecule has 0 unspecified atom stereocenters. The minimum Gasteiger partial charge on any atom is -0.455 e. The van der Waals surface area contributed by atoms with Gasteiger partial charge in [0, 0.05) is 37.5 Å². The monoisotopic (exact) mass is 397 g/mol. The number of furan rings is 1. The van der Waals surface area contributed by atoms with Crippen molar-refractivity contribution in [1.82, 2.24) is 0 Å². The van der Waals surface area contributed by atoms with Crippen LogP contribution in [0.15, 0.2) is 40.9 Å². The van der Waals surface area contributed by atoms with Crippen LogP contribution in [0.25, 0.3) is 33.2 Å². The summed E-state index contributed by atoms with van der Waals surface area (Å²) >= 11 is 0. The van der Waals surface area contributed by atoms with Crippen molar-refractivity contribution in [2.75, 3.05) is 0 Å². The summed E-state index contributed by atoms with van der Waals surface area (Å²) in [7, 11) is 1.64. The van der Waals surface area contributed by atoms with Gasteiger partial charge in [0.15, 0.2) is 6.20 Å². The highest BCUT2D eigenvalue weighted by Crippen LogP contribution is 2.39. The zero-order valence-corrected chi connectivity index (χ0v) is 17.3. The first kappa shape index (κ1) is 10.4. The van der Waals surface area contributed by atoms with E-state index < -0.39 is 32.3 Å². The topological polar surface area (TPSA) is 17.0 Å². The fourth-order valence-corrected chi connectivity index (χ4v) is 3.77. The molecule has 0 atom stereocenters. The number of fused-ring (bicyclic) bond motifs is 3. The second kappa shape index (κ2) is 6.73. The molecule has 0 aliphatic carbocycles. The smallest absolute Gasteiger partial charge is 0.216 e. The number of rotatable bonds is 2. The SMILES string of the molecule is [2H]C([2H])([2H])c1c[n+](C)c(-c2c(C)ccc3c2oc2c(C([2H])([2H])[2H])ccc(C([2H])([2H])[2H])c23)cc1C([2H])([2H])C(C)(C)C. The Balaban J connectivity index is 2.21. The minimum absolute atomic E-state index is 0.00646. The first-order valence-corrected chi connectivity index (χ1v) is 9.52. The molecule has 0 bridgehead atoms. The molecule has 4 rings (SSSR count). The maximum Gasteiger partial charge on any atom is 0.216 e. The molecule has 0 aliphatic rings. The van der Waals surface area contributed by atoms with Crippen LogP contribution in [0.4, 0.5) is 0 Å². The molecule has 4 aromatic rings. The van der Waals surface area contributed by atoms with E-state index in [1.807, 2.05) is 0 Å². The van der Waals surface area contributed by atoms with Gasteiger partial charge in [-0.2, -0.15) is 0 Å². The van der Waals surface area contributed by atoms with E-state index >= 15 is 0 Å². The van der Waals surface area contributed by atoms with Crippen LogP contribution in [0.3, 0.4) is 0 Å². The van der Waals surface area contributed by atoms with E-state index in [0.717, 1.165) is 0 Å². The Hall–Kier alpha value is -2.61. The van der Waals surface area contributed by atoms with Gasteiger partial charge in [0.25, 0.3) is 0 Å². The molecule has 0 saturated carbocycles. The lowest BCUT2D eigenvalue weighted by Crippen LogP contribution is -2.32. The quantitative estimate of drug-likeness (QED) is 0.336. The number of aromatic nitrogens is 1. The van der Waals surface area contributed by atoms with E-state index in [1.54, 1.807) is 51.4 Å². The maximum atomic E-state index is 8.93. The Morgan fingerprint density at radius 1 is 0.966 bits per heavy atom. The molecule has 0 amide bonds. The first-order chi connectivity index (χ1) is 18.0. The summed E-state index contributed by atoms with van der Waals surface area (Å²) in [6, 6.07) is 7.51. The van der Waals surface area contributed by atoms with Crippen molar-refractivity contribution in [2.45, 2.75) is 54.6 Å². The minimum atomic E-state index is -2.59. The Kier molecular flexibility index (Phi) is 2.42. The molecule has 0 N–H and O–H groups in total. The lowest BCUT2D eigenvalue weighted by molar-refractivity contribution is -0.660. The fourth-order valence-electron chi connectivity index (χ4n) is 3.77. The number of pyridine rings is 1. The molecule has 0 saturated heterocycles. The van der Waals surface area contributed by atoms with E-state index in [0.29, 0.717) is 22.2 Å². The normalized spacial score (nSPS) is 19.7. The molecule has 2 heterocycles. The number of nitrogens with zero attached hydrogens (tertiary/aromatic N) is 1. The third-order valence-electron chi connectivity index (χ3n) is 5.04. The van der Waals surface area contributed by atoms with Crippen molar-refractivity contribution in [3.8, 4) is 11.3 Å². The zero-order chi connectivity index (χ0) is 30.4. The third kappa shape index (κ3) is 3.35. The highest BCUT2D eigenvalue weighted by molar-refractivity contribution is 6.11. The Labute approximate surface area is 189 Å². The predicted molar refractivity (Wildman–Crippen MR) is 122 cm³/mol. The number of aryl methyl sites for hydroxylation is 5. The second-order valence-corrected chi connectivity index (χ2v) is 8.57. The Bertz CT molecular complexity index is 1630. The average Bonchev–Trinajstić information content (AvgIpc) is 3.14. The van der Waals surface area contributed by atoms with Crippen LogP contribution in [0.1, 0.15) is 63.7 Å². The van der Waals surface area contributed by atoms with Gasteiger partial charge in [0.05, 0.1) is 5.56 Å². The van der Waals surface area contributed by atoms with Crippen LogP contribution >= 0.6 is 0 Å². The third-order valence-corrected chi connectivity index (χ3v) is 5.04. The van der Waals surface area contributed by atoms with E-state index in [1.165, 1.54) is 24.4 Å². The molecule has 0 fully saturated rings. The summed E-state index contributed by atoms with van der Waals surface area (Å²) in [5.74, 6) is 0. The summed E-state index contributed by atoms with van der Waals surface area (Å²) in [6.07, 6.45) is -0.651. The van der Waals surface area contributed by atoms with E-state index in [-0.39, 0.29) is 38.8 Å². The van der Waals surface area contributed by atoms with Crippen LogP contribution in [0, 0.1) is 32.9 Å². The highest BCUT2D eigenvalue weighted by atomic mass is 16.3. The van der Waals surface area contributed by atoms with Crippen molar-refractivity contribution >= 4 is 21.9 Å². The molecule has 2 nitrogen and oxygen atoms in total. The lowest BCUT2D eigenvalue weighted by atomic mass is 9.86. The molecule has 2 aromatic carbocycles. The molecule has 2 heteroatoms. The van der Waals surface area contributed by atoms with Gasteiger partial charge in [-0.15, -0.1) is 0 Å². The largest absolute Gasteiger partial charge is 0.455 e. The van der Waals surface area contributed by atoms with Crippen molar-refractivity contribution < 1.29 is 24.1 Å². The van der Waals surface area contributed by atoms with E-state index in [9.17, 15) is 0 Å². The number of hydrogen-bond donors (Lipinski definition) is 0. The summed E-state index contributed by atoms with van der Waals surface area (Å²) in [5.41, 5.74) is 0.550. The van der Waals surface area contributed by atoms with Gasteiger partial charge in [-0.3, -0.25) is 0 Å². The van der Waals surface area contributed by atoms with Crippen molar-refractivity contribution in [3.05, 3.63) is 64.3 Å². The molecule has 29 heavy (non-hydrogen) atoms. The van der Waals surface area contributed by atoms with Gasteiger partial charge in [-0.25, -0.2) is 4.57 Å². The summed E-state index contributed by atoms with van der Waals surface area (Å²) < 4.78 is 98.3. The number of benzene rings is 2. The summed E-state index contributed by atoms with van der Waals surface area (Å²) in [5, 5.41) is 0.574. The van der Waals surface area contributed by atoms with Crippen molar-refractivity contribution in [1.29, 1.82) is 0 Å². The predicted octanol–water partition coefficient (Wildman–Crippen LogP) is 6.90. The molecule has 0 aliphatic heterocycles. The van der Waals surface area contributed by atoms with Gasteiger partial charge in [0.1, 0.15) is 18.2 Å². The maximum absolute atomic E-state index is 8.93.